The van der Waals surface area contributed by atoms with Crippen molar-refractivity contribution >= 4 is 26.6 Å². The van der Waals surface area contributed by atoms with Gasteiger partial charge in [-0.15, -0.1) is 0 Å². The van der Waals surface area contributed by atoms with Crippen LogP contribution in [-0.2, 0) is 9.84 Å². The van der Waals surface area contributed by atoms with Crippen LogP contribution in [0, 0.1) is 0 Å². The maximum absolute atomic E-state index is 12.0. The molecule has 1 N–H and O–H groups in total. The molecule has 146 valence electrons. The molecule has 3 aromatic rings. The topological polar surface area (TPSA) is 75.2 Å². The summed E-state index contributed by atoms with van der Waals surface area (Å²) in [5, 5.41) is 4.27. The molecule has 1 aliphatic rings. The highest BCUT2D eigenvalue weighted by atomic mass is 32.2. The fraction of sp³-hybridized carbons (Fsp3) is 0.333. The summed E-state index contributed by atoms with van der Waals surface area (Å²) in [6.45, 7) is 3.09. The Morgan fingerprint density at radius 2 is 1.82 bits per heavy atom. The summed E-state index contributed by atoms with van der Waals surface area (Å²) in [5.74, 6) is 0.656. The van der Waals surface area contributed by atoms with Crippen LogP contribution in [0.25, 0.3) is 10.9 Å². The average Bonchev–Trinajstić information content (AvgIpc) is 3.20. The molecule has 2 heterocycles. The average molecular weight is 397 g/mol. The number of likely N-dealkylation sites (tertiary alicyclic amines) is 1. The summed E-state index contributed by atoms with van der Waals surface area (Å²) < 4.78 is 24.0. The molecule has 28 heavy (non-hydrogen) atoms. The standard InChI is InChI=1S/C21H24N4O2S/c1-28(26,27)17-9-10-19-18(13-17)21(23-15-22-19)24-20(14-25-11-5-6-12-25)16-7-3-2-4-8-16/h2-4,7-10,13,15,20H,5-6,11-12,14H2,1H3,(H,22,23,24). The van der Waals surface area contributed by atoms with Gasteiger partial charge in [0.25, 0.3) is 0 Å². The predicted molar refractivity (Wildman–Crippen MR) is 111 cm³/mol. The first-order valence-corrected chi connectivity index (χ1v) is 11.4. The number of anilines is 1. The quantitative estimate of drug-likeness (QED) is 0.689. The molecule has 7 heteroatoms. The van der Waals surface area contributed by atoms with Gasteiger partial charge in [-0.2, -0.15) is 0 Å². The van der Waals surface area contributed by atoms with Gasteiger partial charge in [0.05, 0.1) is 16.5 Å². The minimum absolute atomic E-state index is 0.0549. The van der Waals surface area contributed by atoms with Crippen molar-refractivity contribution in [3.05, 3.63) is 60.4 Å². The van der Waals surface area contributed by atoms with Gasteiger partial charge < -0.3 is 10.2 Å². The number of nitrogens with zero attached hydrogens (tertiary/aromatic N) is 3. The molecule has 1 aliphatic heterocycles. The molecule has 1 saturated heterocycles. The van der Waals surface area contributed by atoms with E-state index in [4.69, 9.17) is 0 Å². The van der Waals surface area contributed by atoms with Crippen LogP contribution in [0.15, 0.2) is 59.8 Å². The fourth-order valence-electron chi connectivity index (χ4n) is 3.69. The van der Waals surface area contributed by atoms with E-state index in [-0.39, 0.29) is 10.9 Å². The van der Waals surface area contributed by atoms with Crippen molar-refractivity contribution in [3.8, 4) is 0 Å². The lowest BCUT2D eigenvalue weighted by Crippen LogP contribution is -2.29. The predicted octanol–water partition coefficient (Wildman–Crippen LogP) is 3.28. The van der Waals surface area contributed by atoms with Crippen molar-refractivity contribution in [2.45, 2.75) is 23.8 Å². The van der Waals surface area contributed by atoms with Crippen molar-refractivity contribution in [1.82, 2.24) is 14.9 Å². The van der Waals surface area contributed by atoms with E-state index >= 15 is 0 Å². The van der Waals surface area contributed by atoms with Gasteiger partial charge >= 0.3 is 0 Å². The third-order valence-electron chi connectivity index (χ3n) is 5.19. The van der Waals surface area contributed by atoms with Crippen LogP contribution < -0.4 is 5.32 Å². The lowest BCUT2D eigenvalue weighted by Gasteiger charge is -2.25. The Bertz CT molecular complexity index is 1060. The second kappa shape index (κ2) is 7.85. The molecule has 1 aromatic heterocycles. The van der Waals surface area contributed by atoms with Crippen LogP contribution in [0.2, 0.25) is 0 Å². The molecular formula is C21H24N4O2S. The Morgan fingerprint density at radius 3 is 2.54 bits per heavy atom. The highest BCUT2D eigenvalue weighted by Crippen LogP contribution is 2.27. The summed E-state index contributed by atoms with van der Waals surface area (Å²) >= 11 is 0. The van der Waals surface area contributed by atoms with Crippen LogP contribution in [0.4, 0.5) is 5.82 Å². The lowest BCUT2D eigenvalue weighted by molar-refractivity contribution is 0.323. The Balaban J connectivity index is 1.72. The lowest BCUT2D eigenvalue weighted by atomic mass is 10.1. The molecule has 0 spiro atoms. The van der Waals surface area contributed by atoms with Crippen molar-refractivity contribution in [1.29, 1.82) is 0 Å². The van der Waals surface area contributed by atoms with E-state index < -0.39 is 9.84 Å². The van der Waals surface area contributed by atoms with E-state index in [1.807, 2.05) is 18.2 Å². The summed E-state index contributed by atoms with van der Waals surface area (Å²) in [6.07, 6.45) is 5.19. The number of hydrogen-bond acceptors (Lipinski definition) is 6. The van der Waals surface area contributed by atoms with Gasteiger partial charge in [0.2, 0.25) is 0 Å². The molecule has 1 unspecified atom stereocenters. The zero-order valence-electron chi connectivity index (χ0n) is 15.9. The normalized spacial score (nSPS) is 16.3. The second-order valence-corrected chi connectivity index (χ2v) is 9.30. The summed E-state index contributed by atoms with van der Waals surface area (Å²) in [4.78, 5) is 11.5. The Kier molecular flexibility index (Phi) is 5.28. The fourth-order valence-corrected chi connectivity index (χ4v) is 4.34. The first-order chi connectivity index (χ1) is 13.5. The molecule has 0 amide bonds. The van der Waals surface area contributed by atoms with Crippen LogP contribution in [-0.4, -0.2) is 49.2 Å². The van der Waals surface area contributed by atoms with E-state index in [1.54, 1.807) is 18.2 Å². The Morgan fingerprint density at radius 1 is 1.07 bits per heavy atom. The number of rotatable bonds is 6. The van der Waals surface area contributed by atoms with E-state index in [2.05, 4.69) is 32.3 Å². The number of nitrogens with one attached hydrogen (secondary N) is 1. The van der Waals surface area contributed by atoms with E-state index in [9.17, 15) is 8.42 Å². The number of benzene rings is 2. The van der Waals surface area contributed by atoms with Gasteiger partial charge in [0.15, 0.2) is 9.84 Å². The SMILES string of the molecule is CS(=O)(=O)c1ccc2ncnc(NC(CN3CCCC3)c3ccccc3)c2c1. The molecular weight excluding hydrogens is 372 g/mol. The van der Waals surface area contributed by atoms with Crippen molar-refractivity contribution in [2.24, 2.45) is 0 Å². The van der Waals surface area contributed by atoms with E-state index in [0.29, 0.717) is 11.2 Å². The molecule has 0 radical (unpaired) electrons. The van der Waals surface area contributed by atoms with Crippen LogP contribution in [0.5, 0.6) is 0 Å². The molecule has 1 fully saturated rings. The van der Waals surface area contributed by atoms with Crippen molar-refractivity contribution < 1.29 is 8.42 Å². The third kappa shape index (κ3) is 4.15. The summed E-state index contributed by atoms with van der Waals surface area (Å²) in [5.41, 5.74) is 1.90. The largest absolute Gasteiger partial charge is 0.361 e. The maximum Gasteiger partial charge on any atom is 0.175 e. The minimum Gasteiger partial charge on any atom is -0.361 e. The van der Waals surface area contributed by atoms with Gasteiger partial charge in [-0.3, -0.25) is 0 Å². The van der Waals surface area contributed by atoms with Gasteiger partial charge in [0, 0.05) is 18.2 Å². The zero-order valence-corrected chi connectivity index (χ0v) is 16.7. The number of fused-ring (bicyclic) bond motifs is 1. The van der Waals surface area contributed by atoms with E-state index in [1.165, 1.54) is 31.0 Å². The zero-order chi connectivity index (χ0) is 19.6. The van der Waals surface area contributed by atoms with Crippen LogP contribution >= 0.6 is 0 Å². The van der Waals surface area contributed by atoms with Gasteiger partial charge in [-0.05, 0) is 49.7 Å². The minimum atomic E-state index is -3.30. The van der Waals surface area contributed by atoms with Gasteiger partial charge in [0.1, 0.15) is 12.1 Å². The van der Waals surface area contributed by atoms with Crippen molar-refractivity contribution in [2.75, 3.05) is 31.2 Å². The van der Waals surface area contributed by atoms with Crippen LogP contribution in [0.3, 0.4) is 0 Å². The Hall–Kier alpha value is -2.51. The molecule has 0 saturated carbocycles. The first kappa shape index (κ1) is 18.8. The molecule has 0 aliphatic carbocycles. The first-order valence-electron chi connectivity index (χ1n) is 9.49. The second-order valence-electron chi connectivity index (χ2n) is 7.29. The highest BCUT2D eigenvalue weighted by Gasteiger charge is 2.20. The third-order valence-corrected chi connectivity index (χ3v) is 6.30. The number of sulfone groups is 1. The van der Waals surface area contributed by atoms with E-state index in [0.717, 1.165) is 25.2 Å². The molecule has 1 atom stereocenters. The van der Waals surface area contributed by atoms with Gasteiger partial charge in [-0.25, -0.2) is 18.4 Å². The number of hydrogen-bond donors (Lipinski definition) is 1. The molecule has 0 bridgehead atoms. The van der Waals surface area contributed by atoms with Gasteiger partial charge in [-0.1, -0.05) is 30.3 Å². The monoisotopic (exact) mass is 396 g/mol. The molecule has 6 nitrogen and oxygen atoms in total. The highest BCUT2D eigenvalue weighted by molar-refractivity contribution is 7.90. The summed E-state index contributed by atoms with van der Waals surface area (Å²) in [7, 11) is -3.30. The van der Waals surface area contributed by atoms with Crippen molar-refractivity contribution in [3.63, 3.8) is 0 Å². The smallest absolute Gasteiger partial charge is 0.175 e. The molecule has 2 aromatic carbocycles. The maximum atomic E-state index is 12.0. The summed E-state index contributed by atoms with van der Waals surface area (Å²) in [6, 6.07) is 15.3. The molecule has 4 rings (SSSR count). The van der Waals surface area contributed by atoms with Crippen LogP contribution in [0.1, 0.15) is 24.4 Å². The number of aromatic nitrogens is 2. The Labute approximate surface area is 165 Å².